The maximum absolute atomic E-state index is 11.9. The largest absolute Gasteiger partial charge is 0.480 e. The van der Waals surface area contributed by atoms with Crippen molar-refractivity contribution in [2.75, 3.05) is 0 Å². The summed E-state index contributed by atoms with van der Waals surface area (Å²) in [6, 6.07) is -4.31. The quantitative estimate of drug-likeness (QED) is 0.215. The van der Waals surface area contributed by atoms with Crippen LogP contribution in [-0.2, 0) is 14.3 Å². The number of urea groups is 2. The number of rotatable bonds is 10. The Bertz CT molecular complexity index is 1190. The van der Waals surface area contributed by atoms with Gasteiger partial charge in [-0.1, -0.05) is 24.2 Å². The van der Waals surface area contributed by atoms with E-state index in [1.165, 1.54) is 6.92 Å². The molecule has 2 rings (SSSR count). The number of hydrogen-bond acceptors (Lipinski definition) is 12. The number of nitrogens with one attached hydrogen (secondary N) is 4. The second kappa shape index (κ2) is 15.6. The van der Waals surface area contributed by atoms with Crippen molar-refractivity contribution in [1.29, 1.82) is 0 Å². The van der Waals surface area contributed by atoms with Crippen molar-refractivity contribution in [2.45, 2.75) is 111 Å². The van der Waals surface area contributed by atoms with Crippen LogP contribution in [0.4, 0.5) is 9.59 Å². The number of carbonyl (C=O) groups is 4. The molecule has 0 aliphatic rings. The summed E-state index contributed by atoms with van der Waals surface area (Å²) in [6.07, 6.45) is 0. The average Bonchev–Trinajstić information content (AvgIpc) is 3.54. The molecule has 2 aromatic rings. The van der Waals surface area contributed by atoms with E-state index < -0.39 is 53.8 Å². The van der Waals surface area contributed by atoms with E-state index in [0.29, 0.717) is 17.5 Å². The highest BCUT2D eigenvalue weighted by atomic mass is 16.6. The fourth-order valence-corrected chi connectivity index (χ4v) is 2.77. The predicted molar refractivity (Wildman–Crippen MR) is 148 cm³/mol. The Balaban J connectivity index is 0.000000428. The van der Waals surface area contributed by atoms with E-state index in [0.717, 1.165) is 0 Å². The lowest BCUT2D eigenvalue weighted by molar-refractivity contribution is -0.156. The van der Waals surface area contributed by atoms with Gasteiger partial charge in [-0.2, -0.15) is 9.97 Å². The van der Waals surface area contributed by atoms with Crippen LogP contribution in [-0.4, -0.2) is 67.1 Å². The van der Waals surface area contributed by atoms with Crippen LogP contribution in [0.25, 0.3) is 0 Å². The minimum Gasteiger partial charge on any atom is -0.480 e. The molecule has 4 amide bonds. The van der Waals surface area contributed by atoms with Gasteiger partial charge in [-0.15, -0.1) is 0 Å². The summed E-state index contributed by atoms with van der Waals surface area (Å²) < 4.78 is 15.3. The molecule has 0 aromatic carbocycles. The maximum atomic E-state index is 11.9. The van der Waals surface area contributed by atoms with Gasteiger partial charge in [0.15, 0.2) is 11.6 Å². The molecule has 0 saturated heterocycles. The molecule has 0 unspecified atom stereocenters. The number of aromatic nitrogens is 4. The first kappa shape index (κ1) is 35.7. The predicted octanol–water partition coefficient (Wildman–Crippen LogP) is 2.21. The van der Waals surface area contributed by atoms with Gasteiger partial charge < -0.3 is 45.9 Å². The van der Waals surface area contributed by atoms with E-state index in [1.54, 1.807) is 48.5 Å². The Hall–Kier alpha value is -4.28. The first-order valence-corrected chi connectivity index (χ1v) is 13.3. The third-order valence-electron chi connectivity index (χ3n) is 5.10. The number of ether oxygens (including phenoxy) is 1. The summed E-state index contributed by atoms with van der Waals surface area (Å²) in [5, 5.41) is 26.0. The molecular weight excluding hydrogens is 554 g/mol. The van der Waals surface area contributed by atoms with Gasteiger partial charge in [-0.25, -0.2) is 14.4 Å². The van der Waals surface area contributed by atoms with Crippen molar-refractivity contribution in [3.63, 3.8) is 0 Å². The second-order valence-electron chi connectivity index (χ2n) is 10.9. The highest BCUT2D eigenvalue weighted by molar-refractivity contribution is 5.83. The number of aliphatic carboxylic acids is 1. The molecule has 5 atom stereocenters. The Morgan fingerprint density at radius 2 is 1.19 bits per heavy atom. The minimum absolute atomic E-state index is 0.140. The maximum Gasteiger partial charge on any atom is 0.328 e. The highest BCUT2D eigenvalue weighted by Gasteiger charge is 2.25. The third-order valence-corrected chi connectivity index (χ3v) is 5.10. The highest BCUT2D eigenvalue weighted by Crippen LogP contribution is 2.15. The number of carbonyl (C=O) groups excluding carboxylic acids is 3. The molecule has 2 heterocycles. The monoisotopic (exact) mass is 597 g/mol. The lowest BCUT2D eigenvalue weighted by Gasteiger charge is -2.23. The number of hydrogen-bond donors (Lipinski definition) is 6. The van der Waals surface area contributed by atoms with Crippen molar-refractivity contribution < 1.29 is 38.1 Å². The fraction of sp³-hybridized carbons (Fsp3) is 0.680. The molecule has 0 spiro atoms. The molecule has 2 aromatic heterocycles. The molecule has 0 aliphatic heterocycles. The summed E-state index contributed by atoms with van der Waals surface area (Å²) >= 11 is 0. The van der Waals surface area contributed by atoms with E-state index in [4.69, 9.17) is 24.6 Å². The van der Waals surface area contributed by atoms with Gasteiger partial charge in [0.2, 0.25) is 11.8 Å². The van der Waals surface area contributed by atoms with E-state index >= 15 is 0 Å². The Kier molecular flexibility index (Phi) is 13.3. The number of nitrogens with zero attached hydrogens (tertiary/aromatic N) is 4. The molecule has 0 radical (unpaired) electrons. The summed E-state index contributed by atoms with van der Waals surface area (Å²) in [4.78, 5) is 54.0. The van der Waals surface area contributed by atoms with Crippen LogP contribution in [0.2, 0.25) is 0 Å². The van der Waals surface area contributed by atoms with Crippen molar-refractivity contribution >= 4 is 24.0 Å². The summed E-state index contributed by atoms with van der Waals surface area (Å²) in [5.74, 6) is -0.0564. The van der Waals surface area contributed by atoms with Crippen molar-refractivity contribution in [3.05, 3.63) is 23.4 Å². The number of nitrogens with two attached hydrogens (primary N) is 1. The third kappa shape index (κ3) is 12.5. The van der Waals surface area contributed by atoms with Crippen molar-refractivity contribution in [3.8, 4) is 0 Å². The van der Waals surface area contributed by atoms with Crippen LogP contribution in [0, 0.1) is 0 Å². The first-order valence-electron chi connectivity index (χ1n) is 13.3. The van der Waals surface area contributed by atoms with Gasteiger partial charge >= 0.3 is 24.0 Å². The molecule has 42 heavy (non-hydrogen) atoms. The average molecular weight is 598 g/mol. The number of esters is 1. The van der Waals surface area contributed by atoms with Crippen molar-refractivity contribution in [1.82, 2.24) is 41.5 Å². The molecular formula is C25H43N9O8. The molecule has 17 nitrogen and oxygen atoms in total. The first-order chi connectivity index (χ1) is 19.3. The van der Waals surface area contributed by atoms with Crippen LogP contribution >= 0.6 is 0 Å². The van der Waals surface area contributed by atoms with Gasteiger partial charge in [0.05, 0.1) is 6.04 Å². The normalized spacial score (nSPS) is 14.8. The fourth-order valence-electron chi connectivity index (χ4n) is 2.77. The summed E-state index contributed by atoms with van der Waals surface area (Å²) in [7, 11) is 0. The smallest absolute Gasteiger partial charge is 0.328 e. The van der Waals surface area contributed by atoms with Gasteiger partial charge in [0.1, 0.15) is 29.8 Å². The molecule has 17 heteroatoms. The zero-order valence-electron chi connectivity index (χ0n) is 25.6. The van der Waals surface area contributed by atoms with Crippen LogP contribution < -0.4 is 27.0 Å². The lowest BCUT2D eigenvalue weighted by Crippen LogP contribution is -2.47. The molecule has 0 aliphatic carbocycles. The molecule has 7 N–H and O–H groups in total. The van der Waals surface area contributed by atoms with E-state index in [1.807, 2.05) is 13.8 Å². The van der Waals surface area contributed by atoms with Gasteiger partial charge in [0.25, 0.3) is 0 Å². The van der Waals surface area contributed by atoms with E-state index in [2.05, 4.69) is 41.5 Å². The minimum atomic E-state index is -1.13. The lowest BCUT2D eigenvalue weighted by atomic mass is 10.2. The van der Waals surface area contributed by atoms with Crippen LogP contribution in [0.15, 0.2) is 9.05 Å². The summed E-state index contributed by atoms with van der Waals surface area (Å²) in [5.41, 5.74) is 4.97. The Labute approximate surface area is 244 Å². The van der Waals surface area contributed by atoms with Gasteiger partial charge in [-0.05, 0) is 55.4 Å². The summed E-state index contributed by atoms with van der Waals surface area (Å²) in [6.45, 7) is 17.1. The SMILES string of the molecule is CC(C)c1noc([C@H](C)NC(=O)N[C@@H](C)C(=O)OC(C)(C)C)n1.C[C@H](NC(=O)N[C@@H](C)c1nc([C@H](C)N)no1)C(=O)O. The van der Waals surface area contributed by atoms with Crippen LogP contribution in [0.3, 0.4) is 0 Å². The molecule has 0 bridgehead atoms. The topological polar surface area (TPSA) is 250 Å². The van der Waals surface area contributed by atoms with Crippen LogP contribution in [0.1, 0.15) is 117 Å². The van der Waals surface area contributed by atoms with E-state index in [9.17, 15) is 19.2 Å². The Morgan fingerprint density at radius 3 is 1.55 bits per heavy atom. The number of carboxylic acids is 1. The van der Waals surface area contributed by atoms with Gasteiger partial charge in [-0.3, -0.25) is 4.79 Å². The second-order valence-corrected chi connectivity index (χ2v) is 10.9. The van der Waals surface area contributed by atoms with Crippen LogP contribution in [0.5, 0.6) is 0 Å². The molecule has 0 fully saturated rings. The van der Waals surface area contributed by atoms with Gasteiger partial charge in [0, 0.05) is 5.92 Å². The van der Waals surface area contributed by atoms with E-state index in [-0.39, 0.29) is 17.9 Å². The number of amides is 4. The zero-order valence-corrected chi connectivity index (χ0v) is 25.6. The zero-order chi connectivity index (χ0) is 32.4. The molecule has 0 saturated carbocycles. The Morgan fingerprint density at radius 1 is 0.762 bits per heavy atom. The molecule has 236 valence electrons. The standard InChI is InChI=1S/C15H26N4O4.C10H17N5O4/c1-8(2)11-18-12(23-19-11)9(3)16-14(21)17-10(4)13(20)22-15(5,6)7;1-4(11)7-14-8(19-15-7)5(2)12-10(18)13-6(3)9(16)17/h8-10H,1-7H3,(H2,16,17,21);4-6H,11H2,1-3H3,(H,16,17)(H2,12,13,18)/t9-,10-;4-,5-,6-/m00/s1. The number of carboxylic acid groups (broad SMARTS) is 1. The van der Waals surface area contributed by atoms with Crippen molar-refractivity contribution in [2.24, 2.45) is 5.73 Å².